The number of rotatable bonds is 5. The van der Waals surface area contributed by atoms with Crippen molar-refractivity contribution < 1.29 is 4.79 Å². The van der Waals surface area contributed by atoms with Crippen molar-refractivity contribution in [3.8, 4) is 0 Å². The Morgan fingerprint density at radius 2 is 1.81 bits per heavy atom. The van der Waals surface area contributed by atoms with Gasteiger partial charge in [-0.15, -0.1) is 0 Å². The molecule has 0 spiro atoms. The van der Waals surface area contributed by atoms with Gasteiger partial charge in [0.2, 0.25) is 5.91 Å². The number of amides is 1. The summed E-state index contributed by atoms with van der Waals surface area (Å²) in [6.45, 7) is 2.08. The minimum atomic E-state index is -0.176. The van der Waals surface area contributed by atoms with Gasteiger partial charge in [0.05, 0.1) is 17.6 Å². The van der Waals surface area contributed by atoms with Gasteiger partial charge in [-0.25, -0.2) is 4.98 Å². The molecule has 0 radical (unpaired) electrons. The third kappa shape index (κ3) is 3.81. The second-order valence-corrected chi connectivity index (χ2v) is 7.55. The van der Waals surface area contributed by atoms with Crippen LogP contribution in [0.3, 0.4) is 0 Å². The summed E-state index contributed by atoms with van der Waals surface area (Å²) in [5, 5.41) is 12.7. The molecule has 0 aliphatic carbocycles. The van der Waals surface area contributed by atoms with Gasteiger partial charge in [-0.3, -0.25) is 14.3 Å². The van der Waals surface area contributed by atoms with Gasteiger partial charge in [-0.2, -0.15) is 5.10 Å². The molecule has 32 heavy (non-hydrogen) atoms. The molecule has 8 heteroatoms. The molecule has 3 heterocycles. The minimum absolute atomic E-state index is 0.0862. The van der Waals surface area contributed by atoms with Crippen molar-refractivity contribution in [2.45, 2.75) is 13.5 Å². The van der Waals surface area contributed by atoms with E-state index in [0.29, 0.717) is 11.0 Å². The maximum absolute atomic E-state index is 12.4. The highest BCUT2D eigenvalue weighted by atomic mass is 16.2. The van der Waals surface area contributed by atoms with Gasteiger partial charge >= 0.3 is 0 Å². The fourth-order valence-corrected chi connectivity index (χ4v) is 3.66. The van der Waals surface area contributed by atoms with E-state index in [9.17, 15) is 9.59 Å². The molecule has 3 N–H and O–H groups in total. The number of carbonyl (C=O) groups is 1. The van der Waals surface area contributed by atoms with Crippen LogP contribution in [-0.4, -0.2) is 25.7 Å². The molecule has 0 fully saturated rings. The molecule has 0 aliphatic rings. The van der Waals surface area contributed by atoms with E-state index in [0.717, 1.165) is 33.4 Å². The molecular formula is C24H20N6O2. The zero-order valence-corrected chi connectivity index (χ0v) is 17.3. The van der Waals surface area contributed by atoms with Crippen molar-refractivity contribution in [1.29, 1.82) is 0 Å². The minimum Gasteiger partial charge on any atom is -0.352 e. The van der Waals surface area contributed by atoms with Gasteiger partial charge in [0.1, 0.15) is 12.2 Å². The van der Waals surface area contributed by atoms with E-state index < -0.39 is 0 Å². The molecule has 158 valence electrons. The van der Waals surface area contributed by atoms with Crippen molar-refractivity contribution in [3.63, 3.8) is 0 Å². The van der Waals surface area contributed by atoms with E-state index in [1.165, 1.54) is 0 Å². The molecular weight excluding hydrogens is 404 g/mol. The molecule has 5 aromatic rings. The van der Waals surface area contributed by atoms with Crippen LogP contribution in [0.2, 0.25) is 0 Å². The first kappa shape index (κ1) is 19.5. The van der Waals surface area contributed by atoms with Crippen LogP contribution in [0.15, 0.2) is 78.0 Å². The standard InChI is InChI=1S/C24H20N6O2/c1-15-6-8-16(9-7-15)28-21(31)14-30-13-17(12-26-30)27-20-10-11-25-23-22(20)18-4-2-3-5-19(18)24(32)29-23/h2-13H,14H2,1H3,(H,28,31)(H2,25,27,29,32). The number of nitrogens with one attached hydrogen (secondary N) is 3. The molecule has 0 aliphatic heterocycles. The number of aryl methyl sites for hydroxylation is 1. The summed E-state index contributed by atoms with van der Waals surface area (Å²) < 4.78 is 1.56. The van der Waals surface area contributed by atoms with E-state index in [4.69, 9.17) is 0 Å². The SMILES string of the molecule is Cc1ccc(NC(=O)Cn2cc(Nc3ccnc4[nH]c(=O)c5ccccc5c34)cn2)cc1. The van der Waals surface area contributed by atoms with Gasteiger partial charge in [-0.1, -0.05) is 35.9 Å². The predicted octanol–water partition coefficient (Wildman–Crippen LogP) is 3.96. The number of fused-ring (bicyclic) bond motifs is 3. The quantitative estimate of drug-likeness (QED) is 0.371. The Balaban J connectivity index is 1.39. The zero-order chi connectivity index (χ0) is 22.1. The number of benzene rings is 2. The summed E-state index contributed by atoms with van der Waals surface area (Å²) >= 11 is 0. The number of H-pyrrole nitrogens is 1. The molecule has 0 bridgehead atoms. The van der Waals surface area contributed by atoms with Crippen LogP contribution in [0.1, 0.15) is 5.56 Å². The van der Waals surface area contributed by atoms with Crippen molar-refractivity contribution in [2.24, 2.45) is 0 Å². The van der Waals surface area contributed by atoms with Crippen LogP contribution in [0, 0.1) is 6.92 Å². The molecule has 2 aromatic carbocycles. The summed E-state index contributed by atoms with van der Waals surface area (Å²) in [4.78, 5) is 31.9. The molecule has 0 atom stereocenters. The summed E-state index contributed by atoms with van der Waals surface area (Å²) in [5.74, 6) is -0.165. The Labute approximate surface area is 182 Å². The normalized spacial score (nSPS) is 11.0. The Morgan fingerprint density at radius 1 is 1.03 bits per heavy atom. The van der Waals surface area contributed by atoms with E-state index in [-0.39, 0.29) is 18.0 Å². The Bertz CT molecular complexity index is 1500. The van der Waals surface area contributed by atoms with E-state index in [2.05, 4.69) is 25.7 Å². The van der Waals surface area contributed by atoms with Gasteiger partial charge in [0.25, 0.3) is 5.56 Å². The Kier molecular flexibility index (Phi) is 4.87. The third-order valence-electron chi connectivity index (χ3n) is 5.18. The number of hydrogen-bond donors (Lipinski definition) is 3. The highest BCUT2D eigenvalue weighted by Crippen LogP contribution is 2.29. The van der Waals surface area contributed by atoms with Crippen LogP contribution >= 0.6 is 0 Å². The molecule has 0 saturated heterocycles. The maximum atomic E-state index is 12.4. The number of aromatic amines is 1. The summed E-state index contributed by atoms with van der Waals surface area (Å²) in [6.07, 6.45) is 5.04. The lowest BCUT2D eigenvalue weighted by atomic mass is 10.1. The van der Waals surface area contributed by atoms with Crippen molar-refractivity contribution in [3.05, 3.63) is 89.1 Å². The first-order chi connectivity index (χ1) is 15.6. The van der Waals surface area contributed by atoms with E-state index in [1.54, 1.807) is 29.3 Å². The molecule has 5 rings (SSSR count). The third-order valence-corrected chi connectivity index (χ3v) is 5.18. The zero-order valence-electron chi connectivity index (χ0n) is 17.3. The number of aromatic nitrogens is 4. The number of hydrogen-bond acceptors (Lipinski definition) is 5. The fourth-order valence-electron chi connectivity index (χ4n) is 3.66. The van der Waals surface area contributed by atoms with Crippen LogP contribution in [0.25, 0.3) is 21.8 Å². The second-order valence-electron chi connectivity index (χ2n) is 7.55. The van der Waals surface area contributed by atoms with Gasteiger partial charge in [0.15, 0.2) is 0 Å². The van der Waals surface area contributed by atoms with Crippen molar-refractivity contribution >= 4 is 44.8 Å². The first-order valence-electron chi connectivity index (χ1n) is 10.1. The second kappa shape index (κ2) is 7.99. The highest BCUT2D eigenvalue weighted by molar-refractivity contribution is 6.10. The van der Waals surface area contributed by atoms with Gasteiger partial charge < -0.3 is 15.6 Å². The summed E-state index contributed by atoms with van der Waals surface area (Å²) in [6, 6.07) is 16.9. The Morgan fingerprint density at radius 3 is 2.62 bits per heavy atom. The van der Waals surface area contributed by atoms with Crippen LogP contribution in [0.5, 0.6) is 0 Å². The molecule has 1 amide bonds. The number of pyridine rings is 2. The lowest BCUT2D eigenvalue weighted by Gasteiger charge is -2.10. The van der Waals surface area contributed by atoms with Gasteiger partial charge in [0, 0.05) is 34.2 Å². The molecule has 3 aromatic heterocycles. The number of anilines is 3. The van der Waals surface area contributed by atoms with E-state index >= 15 is 0 Å². The predicted molar refractivity (Wildman–Crippen MR) is 125 cm³/mol. The monoisotopic (exact) mass is 424 g/mol. The summed E-state index contributed by atoms with van der Waals surface area (Å²) in [7, 11) is 0. The van der Waals surface area contributed by atoms with E-state index in [1.807, 2.05) is 55.5 Å². The first-order valence-corrected chi connectivity index (χ1v) is 10.1. The molecule has 8 nitrogen and oxygen atoms in total. The fraction of sp³-hybridized carbons (Fsp3) is 0.0833. The largest absolute Gasteiger partial charge is 0.352 e. The maximum Gasteiger partial charge on any atom is 0.257 e. The lowest BCUT2D eigenvalue weighted by molar-refractivity contribution is -0.116. The average Bonchev–Trinajstić information content (AvgIpc) is 3.22. The lowest BCUT2D eigenvalue weighted by Crippen LogP contribution is -2.18. The number of carbonyl (C=O) groups excluding carboxylic acids is 1. The van der Waals surface area contributed by atoms with Gasteiger partial charge in [-0.05, 0) is 31.2 Å². The van der Waals surface area contributed by atoms with Crippen LogP contribution in [-0.2, 0) is 11.3 Å². The number of nitrogens with zero attached hydrogens (tertiary/aromatic N) is 3. The highest BCUT2D eigenvalue weighted by Gasteiger charge is 2.11. The average molecular weight is 424 g/mol. The van der Waals surface area contributed by atoms with Crippen LogP contribution < -0.4 is 16.2 Å². The van der Waals surface area contributed by atoms with Crippen LogP contribution in [0.4, 0.5) is 17.1 Å². The van der Waals surface area contributed by atoms with Crippen molar-refractivity contribution in [2.75, 3.05) is 10.6 Å². The molecule has 0 unspecified atom stereocenters. The topological polar surface area (TPSA) is 105 Å². The Hall–Kier alpha value is -4.46. The smallest absolute Gasteiger partial charge is 0.257 e. The summed E-state index contributed by atoms with van der Waals surface area (Å²) in [5.41, 5.74) is 3.71. The molecule has 0 saturated carbocycles. The van der Waals surface area contributed by atoms with Crippen molar-refractivity contribution in [1.82, 2.24) is 19.7 Å².